The number of Topliss-reactive ketones (excluding diaryl/α,β-unsaturated/α-hetero) is 1. The van der Waals surface area contributed by atoms with Gasteiger partial charge in [0.15, 0.2) is 6.61 Å². The molecule has 2 nitrogen and oxygen atoms in total. The molecule has 3 heteroatoms. The van der Waals surface area contributed by atoms with Gasteiger partial charge in [-0.05, 0) is 17.7 Å². The van der Waals surface area contributed by atoms with Gasteiger partial charge in [0.1, 0.15) is 5.82 Å². The van der Waals surface area contributed by atoms with Crippen molar-refractivity contribution in [2.45, 2.75) is 0 Å². The first-order valence-electron chi connectivity index (χ1n) is 3.88. The number of carbonyl (C=O) groups excluding carboxylic acids is 1. The molecule has 1 aliphatic rings. The number of benzene rings is 1. The van der Waals surface area contributed by atoms with Crippen LogP contribution in [0.15, 0.2) is 30.5 Å². The molecule has 1 aliphatic heterocycles. The highest BCUT2D eigenvalue weighted by Crippen LogP contribution is 2.20. The van der Waals surface area contributed by atoms with Crippen molar-refractivity contribution in [3.8, 4) is 0 Å². The van der Waals surface area contributed by atoms with Crippen LogP contribution < -0.4 is 0 Å². The van der Waals surface area contributed by atoms with Crippen molar-refractivity contribution in [2.75, 3.05) is 6.61 Å². The summed E-state index contributed by atoms with van der Waals surface area (Å²) in [6.45, 7) is 0.0614. The second-order valence-electron chi connectivity index (χ2n) is 2.78. The molecule has 0 radical (unpaired) electrons. The van der Waals surface area contributed by atoms with E-state index in [0.717, 1.165) is 0 Å². The van der Waals surface area contributed by atoms with Crippen molar-refractivity contribution in [1.29, 1.82) is 0 Å². The van der Waals surface area contributed by atoms with Crippen LogP contribution in [0, 0.1) is 5.82 Å². The van der Waals surface area contributed by atoms with E-state index in [-0.39, 0.29) is 18.2 Å². The maximum Gasteiger partial charge on any atom is 0.203 e. The van der Waals surface area contributed by atoms with E-state index in [1.807, 2.05) is 0 Å². The molecule has 13 heavy (non-hydrogen) atoms. The van der Waals surface area contributed by atoms with Crippen molar-refractivity contribution in [2.24, 2.45) is 0 Å². The third-order valence-electron chi connectivity index (χ3n) is 1.85. The monoisotopic (exact) mass is 178 g/mol. The topological polar surface area (TPSA) is 26.3 Å². The molecule has 2 rings (SSSR count). The van der Waals surface area contributed by atoms with Crippen molar-refractivity contribution >= 4 is 11.4 Å². The minimum atomic E-state index is -0.349. The van der Waals surface area contributed by atoms with Crippen LogP contribution in [0.5, 0.6) is 0 Å². The molecule has 1 aromatic carbocycles. The Balaban J connectivity index is 2.41. The maximum atomic E-state index is 12.8. The smallest absolute Gasteiger partial charge is 0.203 e. The zero-order chi connectivity index (χ0) is 9.26. The summed E-state index contributed by atoms with van der Waals surface area (Å²) in [4.78, 5) is 11.2. The third kappa shape index (κ3) is 1.45. The number of ketones is 1. The summed E-state index contributed by atoms with van der Waals surface area (Å²) in [6, 6.07) is 5.90. The molecule has 1 heterocycles. The van der Waals surface area contributed by atoms with Gasteiger partial charge in [0.2, 0.25) is 5.78 Å². The predicted molar refractivity (Wildman–Crippen MR) is 45.3 cm³/mol. The molecule has 0 bridgehead atoms. The first-order valence-corrected chi connectivity index (χ1v) is 3.88. The molecular weight excluding hydrogens is 171 g/mol. The van der Waals surface area contributed by atoms with Gasteiger partial charge in [0, 0.05) is 0 Å². The zero-order valence-electron chi connectivity index (χ0n) is 6.79. The first kappa shape index (κ1) is 7.98. The summed E-state index contributed by atoms with van der Waals surface area (Å²) in [7, 11) is 0. The van der Waals surface area contributed by atoms with Crippen LogP contribution in [0.4, 0.5) is 4.39 Å². The van der Waals surface area contributed by atoms with Gasteiger partial charge < -0.3 is 4.74 Å². The van der Waals surface area contributed by atoms with Crippen molar-refractivity contribution in [1.82, 2.24) is 0 Å². The van der Waals surface area contributed by atoms with Gasteiger partial charge in [-0.2, -0.15) is 0 Å². The van der Waals surface area contributed by atoms with Crippen LogP contribution in [-0.4, -0.2) is 12.4 Å². The molecular formula is C10H7FO2. The van der Waals surface area contributed by atoms with E-state index >= 15 is 0 Å². The Bertz CT molecular complexity index is 382. The molecule has 66 valence electrons. The fraction of sp³-hybridized carbons (Fsp3) is 0.100. The van der Waals surface area contributed by atoms with Gasteiger partial charge in [0.05, 0.1) is 11.8 Å². The largest absolute Gasteiger partial charge is 0.492 e. The third-order valence-corrected chi connectivity index (χ3v) is 1.85. The van der Waals surface area contributed by atoms with Crippen LogP contribution in [0.3, 0.4) is 0 Å². The van der Waals surface area contributed by atoms with Crippen molar-refractivity contribution in [3.05, 3.63) is 41.9 Å². The van der Waals surface area contributed by atoms with E-state index < -0.39 is 0 Å². The molecule has 0 aromatic heterocycles. The van der Waals surface area contributed by atoms with Crippen molar-refractivity contribution in [3.63, 3.8) is 0 Å². The summed E-state index contributed by atoms with van der Waals surface area (Å²) >= 11 is 0. The first-order chi connectivity index (χ1) is 6.27. The van der Waals surface area contributed by atoms with Crippen molar-refractivity contribution < 1.29 is 13.9 Å². The molecule has 0 spiro atoms. The average Bonchev–Trinajstić information content (AvgIpc) is 2.51. The van der Waals surface area contributed by atoms with E-state index in [4.69, 9.17) is 4.74 Å². The Morgan fingerprint density at radius 2 is 2.23 bits per heavy atom. The molecule has 0 aliphatic carbocycles. The minimum Gasteiger partial charge on any atom is -0.492 e. The molecule has 0 amide bonds. The molecule has 0 fully saturated rings. The van der Waals surface area contributed by atoms with Gasteiger partial charge in [-0.1, -0.05) is 12.1 Å². The summed E-state index contributed by atoms with van der Waals surface area (Å²) in [5, 5.41) is 0. The highest BCUT2D eigenvalue weighted by Gasteiger charge is 2.18. The lowest BCUT2D eigenvalue weighted by Crippen LogP contribution is -2.00. The normalized spacial score (nSPS) is 15.5. The van der Waals surface area contributed by atoms with Crippen LogP contribution in [0.1, 0.15) is 5.56 Å². The second-order valence-corrected chi connectivity index (χ2v) is 2.78. The number of halogens is 1. The number of rotatable bonds is 1. The van der Waals surface area contributed by atoms with Crippen LogP contribution in [-0.2, 0) is 9.53 Å². The molecule has 0 atom stereocenters. The second kappa shape index (κ2) is 3.01. The molecule has 0 saturated carbocycles. The van der Waals surface area contributed by atoms with Crippen LogP contribution in [0.2, 0.25) is 0 Å². The van der Waals surface area contributed by atoms with Gasteiger partial charge in [0.25, 0.3) is 0 Å². The fourth-order valence-corrected chi connectivity index (χ4v) is 1.23. The molecule has 0 N–H and O–H groups in total. The molecule has 1 aromatic rings. The average molecular weight is 178 g/mol. The zero-order valence-corrected chi connectivity index (χ0v) is 6.79. The summed E-state index contributed by atoms with van der Waals surface area (Å²) < 4.78 is 17.6. The number of hydrogen-bond acceptors (Lipinski definition) is 2. The molecule has 0 saturated heterocycles. The van der Waals surface area contributed by atoms with E-state index in [9.17, 15) is 9.18 Å². The summed E-state index contributed by atoms with van der Waals surface area (Å²) in [5.41, 5.74) is 1.02. The van der Waals surface area contributed by atoms with Crippen LogP contribution >= 0.6 is 0 Å². The van der Waals surface area contributed by atoms with E-state index in [1.165, 1.54) is 18.4 Å². The fourth-order valence-electron chi connectivity index (χ4n) is 1.23. The Morgan fingerprint density at radius 3 is 2.85 bits per heavy atom. The van der Waals surface area contributed by atoms with Crippen LogP contribution in [0.25, 0.3) is 5.57 Å². The Morgan fingerprint density at radius 1 is 1.38 bits per heavy atom. The van der Waals surface area contributed by atoms with Gasteiger partial charge in [-0.15, -0.1) is 0 Å². The number of ether oxygens (including phenoxy) is 1. The minimum absolute atomic E-state index is 0.0614. The standard InChI is InChI=1S/C10H7FO2/c11-8-3-1-2-7(4-8)9-5-13-6-10(9)12/h1-5H,6H2. The Labute approximate surface area is 74.6 Å². The van der Waals surface area contributed by atoms with Gasteiger partial charge in [-0.3, -0.25) is 4.79 Å². The highest BCUT2D eigenvalue weighted by molar-refractivity contribution is 6.22. The Kier molecular flexibility index (Phi) is 1.85. The summed E-state index contributed by atoms with van der Waals surface area (Å²) in [6.07, 6.45) is 1.37. The predicted octanol–water partition coefficient (Wildman–Crippen LogP) is 1.77. The summed E-state index contributed by atoms with van der Waals surface area (Å²) in [5.74, 6) is -0.455. The number of carbonyl (C=O) groups is 1. The lowest BCUT2D eigenvalue weighted by molar-refractivity contribution is -0.115. The quantitative estimate of drug-likeness (QED) is 0.655. The SMILES string of the molecule is O=C1COC=C1c1cccc(F)c1. The lowest BCUT2D eigenvalue weighted by atomic mass is 10.0. The van der Waals surface area contributed by atoms with Gasteiger partial charge in [-0.25, -0.2) is 4.39 Å². The molecule has 0 unspecified atom stereocenters. The Hall–Kier alpha value is -1.64. The van der Waals surface area contributed by atoms with E-state index in [0.29, 0.717) is 11.1 Å². The van der Waals surface area contributed by atoms with Gasteiger partial charge >= 0.3 is 0 Å². The highest BCUT2D eigenvalue weighted by atomic mass is 19.1. The van der Waals surface area contributed by atoms with E-state index in [1.54, 1.807) is 12.1 Å². The van der Waals surface area contributed by atoms with E-state index in [2.05, 4.69) is 0 Å². The number of hydrogen-bond donors (Lipinski definition) is 0. The maximum absolute atomic E-state index is 12.8. The lowest BCUT2D eigenvalue weighted by Gasteiger charge is -1.97.